The molecular formula is C8H9ClFNO2. The minimum Gasteiger partial charge on any atom is -0.394 e. The molecule has 1 atom stereocenters. The third-order valence-corrected chi connectivity index (χ3v) is 1.81. The van der Waals surface area contributed by atoms with Gasteiger partial charge in [-0.3, -0.25) is 0 Å². The molecule has 0 saturated carbocycles. The van der Waals surface area contributed by atoms with Gasteiger partial charge in [0.05, 0.1) is 12.7 Å². The van der Waals surface area contributed by atoms with E-state index in [4.69, 9.17) is 21.8 Å². The Hall–Kier alpha value is -0.710. The van der Waals surface area contributed by atoms with Gasteiger partial charge < -0.3 is 10.2 Å². The van der Waals surface area contributed by atoms with Crippen molar-refractivity contribution in [2.45, 2.75) is 12.5 Å². The molecule has 3 nitrogen and oxygen atoms in total. The molecule has 0 aromatic carbocycles. The Morgan fingerprint density at radius 1 is 1.62 bits per heavy atom. The second-order valence-electron chi connectivity index (χ2n) is 2.66. The van der Waals surface area contributed by atoms with Gasteiger partial charge in [0.25, 0.3) is 0 Å². The van der Waals surface area contributed by atoms with Crippen molar-refractivity contribution in [3.63, 3.8) is 0 Å². The van der Waals surface area contributed by atoms with E-state index in [1.165, 1.54) is 12.3 Å². The van der Waals surface area contributed by atoms with E-state index in [0.717, 1.165) is 0 Å². The first kappa shape index (κ1) is 10.4. The topological polar surface area (TPSA) is 53.4 Å². The van der Waals surface area contributed by atoms with Crippen LogP contribution in [0.4, 0.5) is 4.39 Å². The summed E-state index contributed by atoms with van der Waals surface area (Å²) in [6.45, 7) is -0.357. The lowest BCUT2D eigenvalue weighted by Crippen LogP contribution is -2.15. The lowest BCUT2D eigenvalue weighted by molar-refractivity contribution is 0.0954. The van der Waals surface area contributed by atoms with Gasteiger partial charge in [-0.15, -0.1) is 0 Å². The molecule has 0 bridgehead atoms. The van der Waals surface area contributed by atoms with Crippen molar-refractivity contribution in [1.82, 2.24) is 4.98 Å². The van der Waals surface area contributed by atoms with E-state index in [1.54, 1.807) is 0 Å². The van der Waals surface area contributed by atoms with Gasteiger partial charge in [0, 0.05) is 12.6 Å². The van der Waals surface area contributed by atoms with Crippen molar-refractivity contribution in [1.29, 1.82) is 0 Å². The number of hydrogen-bond acceptors (Lipinski definition) is 3. The Labute approximate surface area is 79.8 Å². The molecule has 0 amide bonds. The zero-order valence-electron chi connectivity index (χ0n) is 6.74. The quantitative estimate of drug-likeness (QED) is 0.717. The first-order valence-electron chi connectivity index (χ1n) is 3.72. The first-order chi connectivity index (χ1) is 6.13. The molecule has 0 spiro atoms. The van der Waals surface area contributed by atoms with Gasteiger partial charge in [-0.05, 0) is 11.6 Å². The predicted octanol–water partition coefficient (Wildman–Crippen LogP) is 0.770. The molecule has 13 heavy (non-hydrogen) atoms. The minimum absolute atomic E-state index is 0.164. The zero-order valence-corrected chi connectivity index (χ0v) is 7.50. The van der Waals surface area contributed by atoms with Gasteiger partial charge in [-0.25, -0.2) is 9.37 Å². The number of aliphatic hydroxyl groups is 2. The summed E-state index contributed by atoms with van der Waals surface area (Å²) in [5.41, 5.74) is 0.503. The van der Waals surface area contributed by atoms with Gasteiger partial charge in [0.15, 0.2) is 11.0 Å². The van der Waals surface area contributed by atoms with Gasteiger partial charge in [0.1, 0.15) is 0 Å². The summed E-state index contributed by atoms with van der Waals surface area (Å²) in [4.78, 5) is 3.56. The van der Waals surface area contributed by atoms with Crippen molar-refractivity contribution in [2.24, 2.45) is 0 Å². The van der Waals surface area contributed by atoms with E-state index in [-0.39, 0.29) is 18.2 Å². The summed E-state index contributed by atoms with van der Waals surface area (Å²) in [6, 6.07) is 1.19. The maximum absolute atomic E-state index is 12.8. The Morgan fingerprint density at radius 3 is 2.85 bits per heavy atom. The highest BCUT2D eigenvalue weighted by molar-refractivity contribution is 6.29. The van der Waals surface area contributed by atoms with E-state index in [1.807, 2.05) is 0 Å². The first-order valence-corrected chi connectivity index (χ1v) is 4.10. The van der Waals surface area contributed by atoms with Crippen molar-refractivity contribution in [3.8, 4) is 0 Å². The van der Waals surface area contributed by atoms with E-state index in [9.17, 15) is 4.39 Å². The predicted molar refractivity (Wildman–Crippen MR) is 46.0 cm³/mol. The fourth-order valence-electron chi connectivity index (χ4n) is 0.909. The number of halogens is 2. The Bertz CT molecular complexity index is 295. The summed E-state index contributed by atoms with van der Waals surface area (Å²) in [6.07, 6.45) is 0.643. The van der Waals surface area contributed by atoms with Crippen LogP contribution in [0.15, 0.2) is 12.3 Å². The largest absolute Gasteiger partial charge is 0.394 e. The highest BCUT2D eigenvalue weighted by atomic mass is 35.5. The number of rotatable bonds is 3. The van der Waals surface area contributed by atoms with Crippen LogP contribution in [0.2, 0.25) is 5.15 Å². The van der Waals surface area contributed by atoms with E-state index in [0.29, 0.717) is 5.56 Å². The highest BCUT2D eigenvalue weighted by Gasteiger charge is 2.07. The fourth-order valence-corrected chi connectivity index (χ4v) is 1.01. The van der Waals surface area contributed by atoms with Crippen LogP contribution in [0.3, 0.4) is 0 Å². The molecule has 0 aliphatic carbocycles. The molecule has 0 saturated heterocycles. The minimum atomic E-state index is -0.887. The van der Waals surface area contributed by atoms with Crippen LogP contribution in [0.5, 0.6) is 0 Å². The van der Waals surface area contributed by atoms with Crippen LogP contribution in [-0.4, -0.2) is 27.9 Å². The van der Waals surface area contributed by atoms with Crippen LogP contribution >= 0.6 is 11.6 Å². The molecule has 0 aliphatic rings. The summed E-state index contributed by atoms with van der Waals surface area (Å²) < 4.78 is 12.8. The number of pyridine rings is 1. The van der Waals surface area contributed by atoms with E-state index in [2.05, 4.69) is 4.98 Å². The molecule has 1 rings (SSSR count). The number of aliphatic hydroxyl groups excluding tert-OH is 2. The maximum Gasteiger partial charge on any atom is 0.164 e. The molecule has 1 unspecified atom stereocenters. The molecule has 0 fully saturated rings. The van der Waals surface area contributed by atoms with E-state index < -0.39 is 11.9 Å². The summed E-state index contributed by atoms with van der Waals surface area (Å²) in [5, 5.41) is 17.4. The zero-order chi connectivity index (χ0) is 9.84. The normalized spacial score (nSPS) is 12.9. The van der Waals surface area contributed by atoms with Crippen LogP contribution in [0.25, 0.3) is 0 Å². The summed E-state index contributed by atoms with van der Waals surface area (Å²) in [5.74, 6) is -0.621. The standard InChI is InChI=1S/C8H9ClFNO2/c9-8-7(10)2-5(3-11-8)1-6(13)4-12/h2-3,6,12-13H,1,4H2. The smallest absolute Gasteiger partial charge is 0.164 e. The molecule has 72 valence electrons. The monoisotopic (exact) mass is 205 g/mol. The Kier molecular flexibility index (Phi) is 3.59. The van der Waals surface area contributed by atoms with Gasteiger partial charge in [0.2, 0.25) is 0 Å². The Balaban J connectivity index is 2.73. The molecule has 1 heterocycles. The van der Waals surface area contributed by atoms with Crippen LogP contribution < -0.4 is 0 Å². The van der Waals surface area contributed by atoms with Crippen LogP contribution in [0, 0.1) is 5.82 Å². The average Bonchev–Trinajstić information content (AvgIpc) is 2.11. The van der Waals surface area contributed by atoms with Crippen LogP contribution in [-0.2, 0) is 6.42 Å². The molecule has 0 aliphatic heterocycles. The Morgan fingerprint density at radius 2 is 2.31 bits per heavy atom. The second-order valence-corrected chi connectivity index (χ2v) is 3.01. The molecule has 5 heteroatoms. The van der Waals surface area contributed by atoms with Crippen molar-refractivity contribution in [3.05, 3.63) is 28.8 Å². The highest BCUT2D eigenvalue weighted by Crippen LogP contribution is 2.12. The molecule has 1 aromatic rings. The third-order valence-electron chi connectivity index (χ3n) is 1.53. The molecule has 2 N–H and O–H groups in total. The van der Waals surface area contributed by atoms with Crippen molar-refractivity contribution < 1.29 is 14.6 Å². The number of hydrogen-bond donors (Lipinski definition) is 2. The molecule has 0 radical (unpaired) electrons. The van der Waals surface area contributed by atoms with E-state index >= 15 is 0 Å². The summed E-state index contributed by atoms with van der Waals surface area (Å²) >= 11 is 5.35. The SMILES string of the molecule is OCC(O)Cc1cnc(Cl)c(F)c1. The molecular weight excluding hydrogens is 197 g/mol. The third kappa shape index (κ3) is 2.91. The fraction of sp³-hybridized carbons (Fsp3) is 0.375. The lowest BCUT2D eigenvalue weighted by atomic mass is 10.1. The van der Waals surface area contributed by atoms with Gasteiger partial charge in [-0.1, -0.05) is 11.6 Å². The van der Waals surface area contributed by atoms with Crippen LogP contribution in [0.1, 0.15) is 5.56 Å². The van der Waals surface area contributed by atoms with Gasteiger partial charge in [-0.2, -0.15) is 0 Å². The lowest BCUT2D eigenvalue weighted by Gasteiger charge is -2.06. The summed E-state index contributed by atoms with van der Waals surface area (Å²) in [7, 11) is 0. The average molecular weight is 206 g/mol. The van der Waals surface area contributed by atoms with Gasteiger partial charge >= 0.3 is 0 Å². The number of aromatic nitrogens is 1. The van der Waals surface area contributed by atoms with Crippen molar-refractivity contribution >= 4 is 11.6 Å². The maximum atomic E-state index is 12.8. The number of nitrogens with zero attached hydrogens (tertiary/aromatic N) is 1. The van der Waals surface area contributed by atoms with Crippen molar-refractivity contribution in [2.75, 3.05) is 6.61 Å². The molecule has 1 aromatic heterocycles. The second kappa shape index (κ2) is 4.50.